The maximum atomic E-state index is 13.1. The number of rotatable bonds is 9. The monoisotopic (exact) mass is 508 g/mol. The molecule has 1 aromatic carbocycles. The first-order valence-corrected chi connectivity index (χ1v) is 12.0. The van der Waals surface area contributed by atoms with E-state index in [1.165, 1.54) is 34.7 Å². The molecule has 2 atom stereocenters. The van der Waals surface area contributed by atoms with Crippen molar-refractivity contribution < 1.29 is 32.1 Å². The minimum Gasteiger partial charge on any atom is -0.434 e. The zero-order valence-corrected chi connectivity index (χ0v) is 19.4. The minimum absolute atomic E-state index is 0.0507. The largest absolute Gasteiger partial charge is 0.434 e. The highest BCUT2D eigenvalue weighted by atomic mass is 32.2. The van der Waals surface area contributed by atoms with Crippen LogP contribution in [0.2, 0.25) is 0 Å². The second kappa shape index (κ2) is 9.56. The summed E-state index contributed by atoms with van der Waals surface area (Å²) in [4.78, 5) is 3.98. The fourth-order valence-electron chi connectivity index (χ4n) is 3.56. The number of sulfone groups is 1. The fraction of sp³-hybridized carbons (Fsp3) is 0.286. The van der Waals surface area contributed by atoms with Crippen LogP contribution >= 0.6 is 0 Å². The van der Waals surface area contributed by atoms with Crippen LogP contribution < -0.4 is 10.1 Å². The Morgan fingerprint density at radius 2 is 2.03 bits per heavy atom. The number of aromatic nitrogens is 5. The lowest BCUT2D eigenvalue weighted by molar-refractivity contribution is -0.0494. The zero-order valence-electron chi connectivity index (χ0n) is 18.6. The lowest BCUT2D eigenvalue weighted by Crippen LogP contribution is -2.18. The third-order valence-corrected chi connectivity index (χ3v) is 6.86. The topological polar surface area (TPSA) is 144 Å². The molecule has 0 amide bonds. The van der Waals surface area contributed by atoms with Gasteiger partial charge in [0.25, 0.3) is 0 Å². The number of alkyl halides is 2. The maximum absolute atomic E-state index is 13.1. The lowest BCUT2D eigenvalue weighted by Gasteiger charge is -2.16. The van der Waals surface area contributed by atoms with Gasteiger partial charge < -0.3 is 20.3 Å². The Hall–Kier alpha value is -3.62. The van der Waals surface area contributed by atoms with E-state index in [1.54, 1.807) is 19.3 Å². The summed E-state index contributed by atoms with van der Waals surface area (Å²) < 4.78 is 59.0. The van der Waals surface area contributed by atoms with Crippen molar-refractivity contribution in [2.24, 2.45) is 7.05 Å². The van der Waals surface area contributed by atoms with E-state index in [9.17, 15) is 27.4 Å². The Morgan fingerprint density at radius 3 is 2.74 bits per heavy atom. The van der Waals surface area contributed by atoms with Crippen LogP contribution in [0.4, 0.5) is 14.5 Å². The summed E-state index contributed by atoms with van der Waals surface area (Å²) in [5, 5.41) is 31.6. The molecule has 0 bridgehead atoms. The number of aryl methyl sites for hydroxylation is 1. The second-order valence-electron chi connectivity index (χ2n) is 7.77. The average Bonchev–Trinajstić information content (AvgIpc) is 3.36. The van der Waals surface area contributed by atoms with E-state index < -0.39 is 34.5 Å². The number of nitrogens with one attached hydrogen (secondary N) is 1. The number of hydrogen-bond donors (Lipinski definition) is 3. The molecule has 4 aromatic rings. The summed E-state index contributed by atoms with van der Waals surface area (Å²) in [7, 11) is -2.37. The van der Waals surface area contributed by atoms with Crippen LogP contribution in [0, 0.1) is 0 Å². The third-order valence-electron chi connectivity index (χ3n) is 4.96. The zero-order chi connectivity index (χ0) is 25.3. The quantitative estimate of drug-likeness (QED) is 0.289. The highest BCUT2D eigenvalue weighted by molar-refractivity contribution is 7.91. The highest BCUT2D eigenvalue weighted by Crippen LogP contribution is 2.38. The number of aliphatic hydroxyl groups excluding tert-OH is 2. The molecular weight excluding hydrogens is 486 g/mol. The number of hydrogen-bond acceptors (Lipinski definition) is 9. The van der Waals surface area contributed by atoms with Crippen LogP contribution in [0.15, 0.2) is 53.9 Å². The summed E-state index contributed by atoms with van der Waals surface area (Å²) in [5.41, 5.74) is 0.953. The van der Waals surface area contributed by atoms with Crippen molar-refractivity contribution in [3.8, 4) is 17.0 Å². The third kappa shape index (κ3) is 5.23. The molecule has 0 spiro atoms. The first kappa shape index (κ1) is 24.5. The SMILES string of the molecule is C[C@H](O)CS(=O)(=O)c1ccc(OC(F)F)c(-c2nn(C)cc2NC(O)c2cnn3cccnc23)c1. The lowest BCUT2D eigenvalue weighted by atomic mass is 10.1. The number of anilines is 1. The molecule has 3 aromatic heterocycles. The van der Waals surface area contributed by atoms with Gasteiger partial charge >= 0.3 is 6.61 Å². The van der Waals surface area contributed by atoms with Crippen LogP contribution in [0.3, 0.4) is 0 Å². The van der Waals surface area contributed by atoms with Crippen molar-refractivity contribution in [3.63, 3.8) is 0 Å². The molecule has 0 saturated heterocycles. The first-order chi connectivity index (χ1) is 16.5. The molecule has 4 rings (SSSR count). The van der Waals surface area contributed by atoms with E-state index in [1.807, 2.05) is 0 Å². The highest BCUT2D eigenvalue weighted by Gasteiger charge is 2.25. The van der Waals surface area contributed by atoms with Gasteiger partial charge in [-0.1, -0.05) is 0 Å². The number of ether oxygens (including phenoxy) is 1. The van der Waals surface area contributed by atoms with Crippen molar-refractivity contribution in [1.82, 2.24) is 24.4 Å². The van der Waals surface area contributed by atoms with Gasteiger partial charge in [-0.25, -0.2) is 17.9 Å². The second-order valence-corrected chi connectivity index (χ2v) is 9.80. The van der Waals surface area contributed by atoms with Gasteiger partial charge in [-0.3, -0.25) is 4.68 Å². The van der Waals surface area contributed by atoms with Gasteiger partial charge in [-0.15, -0.1) is 0 Å². The van der Waals surface area contributed by atoms with Gasteiger partial charge in [0.2, 0.25) is 0 Å². The van der Waals surface area contributed by atoms with E-state index in [0.29, 0.717) is 11.2 Å². The molecule has 11 nitrogen and oxygen atoms in total. The van der Waals surface area contributed by atoms with Crippen molar-refractivity contribution in [3.05, 3.63) is 54.6 Å². The van der Waals surface area contributed by atoms with Crippen LogP contribution in [0.1, 0.15) is 18.7 Å². The molecule has 35 heavy (non-hydrogen) atoms. The van der Waals surface area contributed by atoms with Gasteiger partial charge in [0.05, 0.1) is 34.2 Å². The number of nitrogens with zero attached hydrogens (tertiary/aromatic N) is 5. The van der Waals surface area contributed by atoms with Crippen molar-refractivity contribution >= 4 is 21.2 Å². The van der Waals surface area contributed by atoms with E-state index in [4.69, 9.17) is 0 Å². The standard InChI is InChI=1S/C21H22F2N6O5S/c1-12(30)11-35(32,33)13-4-5-17(34-21(22)23)14(8-13)18-16(10-28(2)27-18)26-20(31)15-9-25-29-7-3-6-24-19(15)29/h3-10,12,20-21,26,30-31H,11H2,1-2H3/t12-,20?/m0/s1. The molecule has 0 saturated carbocycles. The molecule has 0 aliphatic carbocycles. The molecule has 3 N–H and O–H groups in total. The summed E-state index contributed by atoms with van der Waals surface area (Å²) in [5.74, 6) is -0.875. The number of aliphatic hydroxyl groups is 2. The number of halogens is 2. The summed E-state index contributed by atoms with van der Waals surface area (Å²) >= 11 is 0. The van der Waals surface area contributed by atoms with Crippen molar-refractivity contribution in [2.45, 2.75) is 30.8 Å². The van der Waals surface area contributed by atoms with Crippen LogP contribution in [-0.2, 0) is 16.9 Å². The van der Waals surface area contributed by atoms with Gasteiger partial charge in [-0.2, -0.15) is 19.0 Å². The molecule has 3 heterocycles. The van der Waals surface area contributed by atoms with Gasteiger partial charge in [0.15, 0.2) is 21.7 Å². The normalized spacial score (nSPS) is 13.8. The minimum atomic E-state index is -3.94. The molecule has 0 aliphatic heterocycles. The summed E-state index contributed by atoms with van der Waals surface area (Å²) in [6.45, 7) is -1.85. The van der Waals surface area contributed by atoms with Crippen LogP contribution in [0.25, 0.3) is 16.9 Å². The molecule has 0 aliphatic rings. The summed E-state index contributed by atoms with van der Waals surface area (Å²) in [6.07, 6.45) is 3.65. The van der Waals surface area contributed by atoms with Crippen LogP contribution in [0.5, 0.6) is 5.75 Å². The molecule has 186 valence electrons. The maximum Gasteiger partial charge on any atom is 0.387 e. The van der Waals surface area contributed by atoms with E-state index in [0.717, 1.165) is 18.2 Å². The van der Waals surface area contributed by atoms with Gasteiger partial charge in [0.1, 0.15) is 11.4 Å². The first-order valence-electron chi connectivity index (χ1n) is 10.3. The van der Waals surface area contributed by atoms with Gasteiger partial charge in [0, 0.05) is 31.2 Å². The Bertz CT molecular complexity index is 1450. The van der Waals surface area contributed by atoms with E-state index in [2.05, 4.69) is 25.2 Å². The van der Waals surface area contributed by atoms with Crippen molar-refractivity contribution in [1.29, 1.82) is 0 Å². The Morgan fingerprint density at radius 1 is 1.26 bits per heavy atom. The molecule has 1 unspecified atom stereocenters. The molecular formula is C21H22F2N6O5S. The number of fused-ring (bicyclic) bond motifs is 1. The Labute approximate surface area is 198 Å². The Balaban J connectivity index is 1.77. The van der Waals surface area contributed by atoms with E-state index >= 15 is 0 Å². The molecule has 0 radical (unpaired) electrons. The van der Waals surface area contributed by atoms with E-state index in [-0.39, 0.29) is 27.6 Å². The Kier molecular flexibility index (Phi) is 6.69. The smallest absolute Gasteiger partial charge is 0.387 e. The molecule has 14 heteroatoms. The predicted molar refractivity (Wildman–Crippen MR) is 121 cm³/mol. The van der Waals surface area contributed by atoms with Gasteiger partial charge in [-0.05, 0) is 31.2 Å². The summed E-state index contributed by atoms with van der Waals surface area (Å²) in [6, 6.07) is 5.03. The molecule has 0 fully saturated rings. The van der Waals surface area contributed by atoms with Crippen LogP contribution in [-0.4, -0.2) is 61.5 Å². The fourth-order valence-corrected chi connectivity index (χ4v) is 4.96. The predicted octanol–water partition coefficient (Wildman–Crippen LogP) is 1.99. The number of benzene rings is 1. The average molecular weight is 509 g/mol. The van der Waals surface area contributed by atoms with Crippen molar-refractivity contribution in [2.75, 3.05) is 11.1 Å².